The molecule has 54 valence electrons. The van der Waals surface area contributed by atoms with Crippen LogP contribution in [0.15, 0.2) is 0 Å². The second-order valence-electron chi connectivity index (χ2n) is 1.80. The average Bonchev–Trinajstić information content (AvgIpc) is 1.83. The minimum atomic E-state index is -0.765. The monoisotopic (exact) mass is 132 g/mol. The molecule has 0 saturated carbocycles. The predicted molar refractivity (Wildman–Crippen MR) is 33.8 cm³/mol. The molecule has 0 heterocycles. The van der Waals surface area contributed by atoms with Gasteiger partial charge in [0.15, 0.2) is 0 Å². The van der Waals surface area contributed by atoms with E-state index in [1.54, 1.807) is 0 Å². The van der Waals surface area contributed by atoms with Crippen LogP contribution in [0.5, 0.6) is 0 Å². The quantitative estimate of drug-likeness (QED) is 0.559. The Bertz CT molecular complexity index is 95.0. The van der Waals surface area contributed by atoms with Gasteiger partial charge in [0.2, 0.25) is 0 Å². The molecule has 0 aromatic heterocycles. The normalized spacial score (nSPS) is 12.7. The molecule has 0 radical (unpaired) electrons. The molecule has 0 spiro atoms. The Balaban J connectivity index is 3.16. The van der Waals surface area contributed by atoms with Gasteiger partial charge in [0.1, 0.15) is 6.61 Å². The largest absolute Gasteiger partial charge is 0.448 e. The summed E-state index contributed by atoms with van der Waals surface area (Å²) in [5.74, 6) is 0. The van der Waals surface area contributed by atoms with E-state index in [1.165, 1.54) is 0 Å². The van der Waals surface area contributed by atoms with Crippen LogP contribution >= 0.6 is 0 Å². The van der Waals surface area contributed by atoms with Gasteiger partial charge in [0.25, 0.3) is 0 Å². The van der Waals surface area contributed by atoms with Crippen LogP contribution in [0.3, 0.4) is 0 Å². The first-order valence-electron chi connectivity index (χ1n) is 2.84. The molecule has 0 aliphatic rings. The molecule has 0 aromatic carbocycles. The van der Waals surface area contributed by atoms with Crippen molar-refractivity contribution in [2.75, 3.05) is 6.61 Å². The van der Waals surface area contributed by atoms with Crippen LogP contribution in [-0.2, 0) is 4.74 Å². The Labute approximate surface area is 54.2 Å². The van der Waals surface area contributed by atoms with E-state index in [2.05, 4.69) is 10.5 Å². The first-order valence-corrected chi connectivity index (χ1v) is 2.84. The highest BCUT2D eigenvalue weighted by Crippen LogP contribution is 1.85. The summed E-state index contributed by atoms with van der Waals surface area (Å²) in [6.07, 6.45) is 0.0201. The Hall–Kier alpha value is -0.770. The first-order chi connectivity index (χ1) is 4.16. The van der Waals surface area contributed by atoms with Gasteiger partial charge in [-0.2, -0.15) is 0 Å². The number of ether oxygens (including phenoxy) is 1. The molecule has 9 heavy (non-hydrogen) atoms. The average molecular weight is 132 g/mol. The number of hydrogen-bond donors (Lipinski definition) is 2. The summed E-state index contributed by atoms with van der Waals surface area (Å²) < 4.78 is 4.41. The second-order valence-corrected chi connectivity index (χ2v) is 1.80. The lowest BCUT2D eigenvalue weighted by Crippen LogP contribution is -2.28. The molecule has 0 aliphatic carbocycles. The molecule has 4 heteroatoms. The van der Waals surface area contributed by atoms with Crippen molar-refractivity contribution in [2.45, 2.75) is 19.4 Å². The van der Waals surface area contributed by atoms with Gasteiger partial charge < -0.3 is 16.2 Å². The lowest BCUT2D eigenvalue weighted by Gasteiger charge is -2.06. The Morgan fingerprint density at radius 1 is 1.78 bits per heavy atom. The van der Waals surface area contributed by atoms with Crippen LogP contribution in [0, 0.1) is 0 Å². The zero-order chi connectivity index (χ0) is 7.28. The Kier molecular flexibility index (Phi) is 3.79. The van der Waals surface area contributed by atoms with E-state index in [0.29, 0.717) is 0 Å². The third kappa shape index (κ3) is 5.10. The van der Waals surface area contributed by atoms with Gasteiger partial charge >= 0.3 is 6.09 Å². The smallest absolute Gasteiger partial charge is 0.404 e. The fourth-order valence-electron chi connectivity index (χ4n) is 0.307. The van der Waals surface area contributed by atoms with E-state index in [9.17, 15) is 4.79 Å². The lowest BCUT2D eigenvalue weighted by atomic mass is 10.3. The van der Waals surface area contributed by atoms with Crippen molar-refractivity contribution in [3.05, 3.63) is 0 Å². The summed E-state index contributed by atoms with van der Waals surface area (Å²) in [6, 6.07) is -0.0856. The number of hydrogen-bond acceptors (Lipinski definition) is 3. The van der Waals surface area contributed by atoms with Crippen LogP contribution in [0.2, 0.25) is 0 Å². The molecule has 0 unspecified atom stereocenters. The fraction of sp³-hybridized carbons (Fsp3) is 0.800. The third-order valence-corrected chi connectivity index (χ3v) is 0.964. The first kappa shape index (κ1) is 8.23. The topological polar surface area (TPSA) is 78.3 Å². The van der Waals surface area contributed by atoms with E-state index in [-0.39, 0.29) is 12.6 Å². The molecule has 4 nitrogen and oxygen atoms in total. The number of nitrogens with two attached hydrogens (primary N) is 2. The zero-order valence-corrected chi connectivity index (χ0v) is 5.46. The van der Waals surface area contributed by atoms with Gasteiger partial charge in [-0.1, -0.05) is 6.92 Å². The van der Waals surface area contributed by atoms with Gasteiger partial charge in [-0.25, -0.2) is 4.79 Å². The molecule has 0 saturated heterocycles. The molecule has 0 aromatic rings. The second kappa shape index (κ2) is 4.14. The lowest BCUT2D eigenvalue weighted by molar-refractivity contribution is 0.148. The molecule has 1 amide bonds. The number of carbonyl (C=O) groups is 1. The molecular formula is C5H12N2O2. The molecule has 0 fully saturated rings. The maximum absolute atomic E-state index is 9.96. The fourth-order valence-corrected chi connectivity index (χ4v) is 0.307. The predicted octanol–water partition coefficient (Wildman–Crippen LogP) is -0.181. The summed E-state index contributed by atoms with van der Waals surface area (Å²) in [5, 5.41) is 0. The summed E-state index contributed by atoms with van der Waals surface area (Å²) in [7, 11) is 0. The van der Waals surface area contributed by atoms with Crippen LogP contribution in [0.4, 0.5) is 4.79 Å². The van der Waals surface area contributed by atoms with Crippen molar-refractivity contribution >= 4 is 6.09 Å². The molecule has 0 aliphatic heterocycles. The van der Waals surface area contributed by atoms with E-state index in [4.69, 9.17) is 5.73 Å². The van der Waals surface area contributed by atoms with Crippen molar-refractivity contribution in [3.63, 3.8) is 0 Å². The standard InChI is InChI=1S/C5H12N2O2/c1-2-4(6)3-9-5(7)8/h4H,2-3,6H2,1H3,(H2,7,8)/t4-/m1/s1. The number of amides is 1. The summed E-state index contributed by atoms with van der Waals surface area (Å²) in [5.41, 5.74) is 10.1. The van der Waals surface area contributed by atoms with E-state index in [1.807, 2.05) is 6.92 Å². The summed E-state index contributed by atoms with van der Waals surface area (Å²) in [4.78, 5) is 9.96. The number of primary amides is 1. The maximum atomic E-state index is 9.96. The minimum absolute atomic E-state index is 0.0856. The van der Waals surface area contributed by atoms with Crippen LogP contribution in [0.25, 0.3) is 0 Å². The summed E-state index contributed by atoms with van der Waals surface area (Å²) >= 11 is 0. The van der Waals surface area contributed by atoms with Crippen molar-refractivity contribution < 1.29 is 9.53 Å². The Morgan fingerprint density at radius 2 is 2.33 bits per heavy atom. The third-order valence-electron chi connectivity index (χ3n) is 0.964. The number of rotatable bonds is 3. The minimum Gasteiger partial charge on any atom is -0.448 e. The molecule has 1 atom stereocenters. The SMILES string of the molecule is CC[C@@H](N)COC(N)=O. The molecular weight excluding hydrogens is 120 g/mol. The van der Waals surface area contributed by atoms with Crippen molar-refractivity contribution in [2.24, 2.45) is 11.5 Å². The van der Waals surface area contributed by atoms with Gasteiger partial charge in [0.05, 0.1) is 0 Å². The molecule has 0 rings (SSSR count). The molecule has 0 bridgehead atoms. The highest BCUT2D eigenvalue weighted by Gasteiger charge is 1.99. The highest BCUT2D eigenvalue weighted by atomic mass is 16.5. The van der Waals surface area contributed by atoms with E-state index < -0.39 is 6.09 Å². The van der Waals surface area contributed by atoms with Gasteiger partial charge in [-0.15, -0.1) is 0 Å². The van der Waals surface area contributed by atoms with Gasteiger partial charge in [0, 0.05) is 6.04 Å². The van der Waals surface area contributed by atoms with Crippen molar-refractivity contribution in [3.8, 4) is 0 Å². The van der Waals surface area contributed by atoms with E-state index >= 15 is 0 Å². The van der Waals surface area contributed by atoms with Crippen molar-refractivity contribution in [1.82, 2.24) is 0 Å². The maximum Gasteiger partial charge on any atom is 0.404 e. The number of carbonyl (C=O) groups excluding carboxylic acids is 1. The highest BCUT2D eigenvalue weighted by molar-refractivity contribution is 5.64. The van der Waals surface area contributed by atoms with Gasteiger partial charge in [-0.3, -0.25) is 0 Å². The van der Waals surface area contributed by atoms with Crippen LogP contribution in [0.1, 0.15) is 13.3 Å². The van der Waals surface area contributed by atoms with Gasteiger partial charge in [-0.05, 0) is 6.42 Å². The summed E-state index contributed by atoms with van der Waals surface area (Å²) in [6.45, 7) is 2.13. The van der Waals surface area contributed by atoms with Crippen LogP contribution < -0.4 is 11.5 Å². The van der Waals surface area contributed by atoms with E-state index in [0.717, 1.165) is 6.42 Å². The van der Waals surface area contributed by atoms with Crippen LogP contribution in [-0.4, -0.2) is 18.7 Å². The molecule has 4 N–H and O–H groups in total. The zero-order valence-electron chi connectivity index (χ0n) is 5.46. The van der Waals surface area contributed by atoms with Crippen molar-refractivity contribution in [1.29, 1.82) is 0 Å². The Morgan fingerprint density at radius 3 is 2.67 bits per heavy atom.